The van der Waals surface area contributed by atoms with Gasteiger partial charge in [-0.15, -0.1) is 0 Å². The first-order valence-corrected chi connectivity index (χ1v) is 15.5. The van der Waals surface area contributed by atoms with Crippen LogP contribution in [0.4, 0.5) is 0 Å². The number of methoxy groups -OCH3 is 1. The van der Waals surface area contributed by atoms with Gasteiger partial charge in [-0.1, -0.05) is 63.4 Å². The summed E-state index contributed by atoms with van der Waals surface area (Å²) in [6, 6.07) is 15.1. The van der Waals surface area contributed by atoms with Crippen LogP contribution in [0.15, 0.2) is 75.4 Å². The van der Waals surface area contributed by atoms with Crippen LogP contribution in [0.5, 0.6) is 17.2 Å². The third-order valence-electron chi connectivity index (χ3n) is 6.38. The van der Waals surface area contributed by atoms with Gasteiger partial charge in [0.1, 0.15) is 12.4 Å². The molecule has 0 spiro atoms. The van der Waals surface area contributed by atoms with Gasteiger partial charge >= 0.3 is 5.97 Å². The van der Waals surface area contributed by atoms with Gasteiger partial charge in [0.15, 0.2) is 23.2 Å². The summed E-state index contributed by atoms with van der Waals surface area (Å²) in [6.07, 6.45) is 1.43. The number of nitrogens with one attached hydrogen (secondary N) is 3. The van der Waals surface area contributed by atoms with Crippen molar-refractivity contribution in [2.75, 3.05) is 20.3 Å². The Morgan fingerprint density at radius 3 is 2.60 bits per heavy atom. The Bertz CT molecular complexity index is 1670. The molecule has 0 fully saturated rings. The summed E-state index contributed by atoms with van der Waals surface area (Å²) >= 11 is 20.9. The molecule has 0 saturated heterocycles. The van der Waals surface area contributed by atoms with Crippen LogP contribution in [0.2, 0.25) is 10.0 Å². The van der Waals surface area contributed by atoms with Crippen molar-refractivity contribution in [3.8, 4) is 17.2 Å². The lowest BCUT2D eigenvalue weighted by molar-refractivity contribution is -0.139. The molecule has 14 heteroatoms. The highest BCUT2D eigenvalue weighted by atomic mass is 79.9. The number of hydrogen-bond donors (Lipinski definition) is 3. The number of thiocarbonyl (C=S) groups is 1. The Morgan fingerprint density at radius 2 is 1.87 bits per heavy atom. The predicted octanol–water partition coefficient (Wildman–Crippen LogP) is 6.23. The third-order valence-corrected chi connectivity index (χ3v) is 7.80. The lowest BCUT2D eigenvalue weighted by Gasteiger charge is -2.30. The van der Waals surface area contributed by atoms with Gasteiger partial charge in [0, 0.05) is 21.3 Å². The van der Waals surface area contributed by atoms with E-state index in [0.717, 1.165) is 5.56 Å². The van der Waals surface area contributed by atoms with Crippen LogP contribution in [-0.2, 0) is 20.9 Å². The average Bonchev–Trinajstić information content (AvgIpc) is 3.00. The molecule has 3 aromatic rings. The van der Waals surface area contributed by atoms with Crippen molar-refractivity contribution in [3.05, 3.63) is 97.1 Å². The van der Waals surface area contributed by atoms with Crippen molar-refractivity contribution in [2.24, 2.45) is 5.10 Å². The summed E-state index contributed by atoms with van der Waals surface area (Å²) in [5.74, 6) is 0.224. The van der Waals surface area contributed by atoms with Gasteiger partial charge in [-0.25, -0.2) is 10.2 Å². The Kier molecular flexibility index (Phi) is 12.1. The number of esters is 1. The highest BCUT2D eigenvalue weighted by molar-refractivity contribution is 9.10. The van der Waals surface area contributed by atoms with Crippen LogP contribution >= 0.6 is 51.3 Å². The maximum absolute atomic E-state index is 12.8. The van der Waals surface area contributed by atoms with E-state index in [9.17, 15) is 9.59 Å². The second kappa shape index (κ2) is 15.9. The largest absolute Gasteiger partial charge is 0.493 e. The minimum absolute atomic E-state index is 0.179. The molecule has 0 aromatic heterocycles. The van der Waals surface area contributed by atoms with Crippen LogP contribution < -0.4 is 30.3 Å². The molecule has 4 rings (SSSR count). The fourth-order valence-corrected chi connectivity index (χ4v) is 5.43. The van der Waals surface area contributed by atoms with E-state index in [0.29, 0.717) is 59.3 Å². The van der Waals surface area contributed by atoms with Crippen molar-refractivity contribution in [2.45, 2.75) is 26.5 Å². The number of amides is 1. The number of halogens is 3. The number of allylic oxidation sites excluding steroid dienone is 1. The first-order valence-electron chi connectivity index (χ1n) is 13.5. The number of nitrogens with zero attached hydrogens (tertiary/aromatic N) is 1. The molecular formula is C31H29BrCl2N4O6S. The number of rotatable bonds is 12. The van der Waals surface area contributed by atoms with Gasteiger partial charge in [-0.3, -0.25) is 4.79 Å². The van der Waals surface area contributed by atoms with E-state index in [-0.39, 0.29) is 19.8 Å². The van der Waals surface area contributed by atoms with E-state index in [2.05, 4.69) is 37.1 Å². The van der Waals surface area contributed by atoms with E-state index in [1.165, 1.54) is 13.3 Å². The monoisotopic (exact) mass is 734 g/mol. The van der Waals surface area contributed by atoms with E-state index in [1.807, 2.05) is 0 Å². The quantitative estimate of drug-likeness (QED) is 0.0861. The molecular weight excluding hydrogens is 707 g/mol. The van der Waals surface area contributed by atoms with Gasteiger partial charge in [0.2, 0.25) is 0 Å². The molecule has 0 bridgehead atoms. The predicted molar refractivity (Wildman–Crippen MR) is 180 cm³/mol. The van der Waals surface area contributed by atoms with Gasteiger partial charge in [0.25, 0.3) is 5.91 Å². The van der Waals surface area contributed by atoms with Crippen molar-refractivity contribution in [1.29, 1.82) is 0 Å². The van der Waals surface area contributed by atoms with Crippen molar-refractivity contribution in [1.82, 2.24) is 16.1 Å². The molecule has 1 heterocycles. The number of benzene rings is 3. The Hall–Kier alpha value is -3.84. The zero-order valence-electron chi connectivity index (χ0n) is 24.4. The molecule has 0 saturated carbocycles. The Balaban J connectivity index is 1.46. The van der Waals surface area contributed by atoms with E-state index >= 15 is 0 Å². The minimum atomic E-state index is -0.649. The molecule has 236 valence electrons. The molecule has 3 N–H and O–H groups in total. The highest BCUT2D eigenvalue weighted by Gasteiger charge is 2.32. The van der Waals surface area contributed by atoms with E-state index in [4.69, 9.17) is 54.4 Å². The summed E-state index contributed by atoms with van der Waals surface area (Å²) in [6.45, 7) is 3.51. The first-order chi connectivity index (χ1) is 21.6. The molecule has 45 heavy (non-hydrogen) atoms. The molecule has 0 radical (unpaired) electrons. The SMILES string of the molecule is CCOC(=O)C1=C(C)NC(=S)N[C@@H]1c1ccccc1OCC(=O)NN=Cc1cc(Br)cc(OC)c1OCc1ccc(Cl)c(Cl)c1. The number of carbonyl (C=O) groups excluding carboxylic acids is 2. The second-order valence-corrected chi connectivity index (χ2v) is 11.6. The second-order valence-electron chi connectivity index (χ2n) is 9.47. The fourth-order valence-electron chi connectivity index (χ4n) is 4.38. The van der Waals surface area contributed by atoms with Gasteiger partial charge in [0.05, 0.1) is 41.6 Å². The maximum Gasteiger partial charge on any atom is 0.338 e. The van der Waals surface area contributed by atoms with Gasteiger partial charge in [-0.05, 0) is 62.0 Å². The summed E-state index contributed by atoms with van der Waals surface area (Å²) < 4.78 is 23.4. The molecule has 10 nitrogen and oxygen atoms in total. The molecule has 0 aliphatic carbocycles. The van der Waals surface area contributed by atoms with Crippen LogP contribution in [-0.4, -0.2) is 43.5 Å². The number of ether oxygens (including phenoxy) is 4. The third kappa shape index (κ3) is 8.88. The highest BCUT2D eigenvalue weighted by Crippen LogP contribution is 2.36. The fraction of sp³-hybridized carbons (Fsp3) is 0.226. The number of carbonyl (C=O) groups is 2. The molecule has 1 aliphatic heterocycles. The molecule has 1 atom stereocenters. The van der Waals surface area contributed by atoms with Crippen molar-refractivity contribution in [3.63, 3.8) is 0 Å². The van der Waals surface area contributed by atoms with Crippen LogP contribution in [0.3, 0.4) is 0 Å². The average molecular weight is 736 g/mol. The zero-order chi connectivity index (χ0) is 32.5. The first kappa shape index (κ1) is 34.0. The van der Waals surface area contributed by atoms with Crippen LogP contribution in [0.1, 0.15) is 36.6 Å². The van der Waals surface area contributed by atoms with Crippen LogP contribution in [0.25, 0.3) is 0 Å². The molecule has 0 unspecified atom stereocenters. The van der Waals surface area contributed by atoms with Crippen molar-refractivity contribution < 1.29 is 28.5 Å². The maximum atomic E-state index is 12.8. The lowest BCUT2D eigenvalue weighted by atomic mass is 9.95. The number of hydrazone groups is 1. The number of hydrogen-bond acceptors (Lipinski definition) is 8. The van der Waals surface area contributed by atoms with E-state index < -0.39 is 17.9 Å². The number of para-hydroxylation sites is 1. The summed E-state index contributed by atoms with van der Waals surface area (Å²) in [7, 11) is 1.52. The summed E-state index contributed by atoms with van der Waals surface area (Å²) in [4.78, 5) is 25.5. The van der Waals surface area contributed by atoms with Gasteiger partial charge < -0.3 is 29.6 Å². The summed E-state index contributed by atoms with van der Waals surface area (Å²) in [5, 5.41) is 11.3. The zero-order valence-corrected chi connectivity index (χ0v) is 28.3. The normalized spacial score (nSPS) is 14.4. The van der Waals surface area contributed by atoms with E-state index in [1.54, 1.807) is 68.4 Å². The molecule has 1 aliphatic rings. The Morgan fingerprint density at radius 1 is 1.09 bits per heavy atom. The topological polar surface area (TPSA) is 120 Å². The smallest absolute Gasteiger partial charge is 0.338 e. The molecule has 3 aromatic carbocycles. The Labute approximate surface area is 284 Å². The lowest BCUT2D eigenvalue weighted by Crippen LogP contribution is -2.45. The van der Waals surface area contributed by atoms with Crippen molar-refractivity contribution >= 4 is 74.6 Å². The standard InChI is InChI=1S/C31H29BrCl2N4O6S/c1-4-42-30(40)27-17(2)36-31(45)37-28(27)21-7-5-6-8-24(21)43-16-26(39)38-35-14-19-12-20(32)13-25(41-3)29(19)44-15-18-9-10-22(33)23(34)11-18/h5-14,28H,4,15-16H2,1-3H3,(H,38,39)(H2,36,37,45)/t28-/m1/s1. The van der Waals surface area contributed by atoms with Crippen LogP contribution in [0, 0.1) is 0 Å². The minimum Gasteiger partial charge on any atom is -0.493 e. The summed E-state index contributed by atoms with van der Waals surface area (Å²) in [5.41, 5.74) is 5.32. The van der Waals surface area contributed by atoms with Gasteiger partial charge in [-0.2, -0.15) is 5.10 Å². The molecule has 1 amide bonds.